The summed E-state index contributed by atoms with van der Waals surface area (Å²) in [5.41, 5.74) is 4.90. The number of carbonyl (C=O) groups excluding carboxylic acids is 1. The van der Waals surface area contributed by atoms with Crippen LogP contribution in [-0.4, -0.2) is 64.4 Å². The van der Waals surface area contributed by atoms with Gasteiger partial charge in [0.25, 0.3) is 0 Å². The third-order valence-corrected chi connectivity index (χ3v) is 2.62. The van der Waals surface area contributed by atoms with Crippen molar-refractivity contribution < 1.29 is 23.7 Å². The van der Waals surface area contributed by atoms with Gasteiger partial charge >= 0.3 is 6.09 Å². The summed E-state index contributed by atoms with van der Waals surface area (Å²) in [6.07, 6.45) is 2.25. The van der Waals surface area contributed by atoms with Gasteiger partial charge in [0, 0.05) is 19.8 Å². The zero-order valence-electron chi connectivity index (χ0n) is 14.9. The summed E-state index contributed by atoms with van der Waals surface area (Å²) < 4.78 is 21.2. The van der Waals surface area contributed by atoms with Crippen LogP contribution in [0.4, 0.5) is 4.79 Å². The van der Waals surface area contributed by atoms with E-state index >= 15 is 0 Å². The van der Waals surface area contributed by atoms with E-state index in [9.17, 15) is 4.79 Å². The molecule has 7 heteroatoms. The van der Waals surface area contributed by atoms with Gasteiger partial charge in [-0.1, -0.05) is 0 Å². The Kier molecular flexibility index (Phi) is 14.1. The zero-order chi connectivity index (χ0) is 17.4. The predicted molar refractivity (Wildman–Crippen MR) is 89.6 cm³/mol. The van der Waals surface area contributed by atoms with Crippen molar-refractivity contribution in [2.24, 2.45) is 5.73 Å². The quantitative estimate of drug-likeness (QED) is 0.470. The first-order valence-electron chi connectivity index (χ1n) is 8.36. The van der Waals surface area contributed by atoms with Crippen LogP contribution in [0.5, 0.6) is 0 Å². The molecule has 0 aromatic rings. The molecule has 0 aliphatic carbocycles. The Morgan fingerprint density at radius 2 is 1.39 bits per heavy atom. The number of nitrogens with two attached hydrogens (primary N) is 1. The summed E-state index contributed by atoms with van der Waals surface area (Å²) in [4.78, 5) is 11.4. The minimum atomic E-state index is -0.456. The van der Waals surface area contributed by atoms with Crippen LogP contribution in [0.3, 0.4) is 0 Å². The molecule has 0 unspecified atom stereocenters. The maximum atomic E-state index is 11.4. The molecule has 0 spiro atoms. The minimum Gasteiger partial charge on any atom is -0.444 e. The molecular weight excluding hydrogens is 300 g/mol. The Hall–Kier alpha value is -0.890. The van der Waals surface area contributed by atoms with Gasteiger partial charge in [0.15, 0.2) is 0 Å². The van der Waals surface area contributed by atoms with Crippen molar-refractivity contribution in [3.05, 3.63) is 0 Å². The third-order valence-electron chi connectivity index (χ3n) is 2.62. The van der Waals surface area contributed by atoms with Gasteiger partial charge in [-0.15, -0.1) is 0 Å². The molecule has 0 rings (SSSR count). The van der Waals surface area contributed by atoms with E-state index in [2.05, 4.69) is 5.32 Å². The van der Waals surface area contributed by atoms with E-state index in [-0.39, 0.29) is 6.09 Å². The molecule has 0 aliphatic rings. The second kappa shape index (κ2) is 14.7. The fourth-order valence-corrected chi connectivity index (χ4v) is 1.56. The minimum absolute atomic E-state index is 0.375. The molecule has 0 heterocycles. The van der Waals surface area contributed by atoms with Gasteiger partial charge in [-0.25, -0.2) is 4.79 Å². The topological polar surface area (TPSA) is 92.0 Å². The summed E-state index contributed by atoms with van der Waals surface area (Å²) in [6, 6.07) is 0. The lowest BCUT2D eigenvalue weighted by atomic mass is 10.2. The van der Waals surface area contributed by atoms with Gasteiger partial charge in [-0.3, -0.25) is 0 Å². The molecule has 0 atom stereocenters. The Bertz CT molecular complexity index is 282. The largest absolute Gasteiger partial charge is 0.444 e. The molecule has 0 aromatic heterocycles. The predicted octanol–water partition coefficient (Wildman–Crippen LogP) is 1.69. The van der Waals surface area contributed by atoms with Gasteiger partial charge < -0.3 is 30.0 Å². The zero-order valence-corrected chi connectivity index (χ0v) is 14.9. The second-order valence-corrected chi connectivity index (χ2v) is 6.12. The number of hydrogen-bond acceptors (Lipinski definition) is 6. The summed E-state index contributed by atoms with van der Waals surface area (Å²) >= 11 is 0. The molecule has 23 heavy (non-hydrogen) atoms. The molecule has 0 saturated carbocycles. The number of carbonyl (C=O) groups is 1. The lowest BCUT2D eigenvalue weighted by Gasteiger charge is -2.19. The van der Waals surface area contributed by atoms with Crippen molar-refractivity contribution in [2.45, 2.75) is 45.6 Å². The number of ether oxygens (including phenoxy) is 4. The highest BCUT2D eigenvalue weighted by Crippen LogP contribution is 2.06. The van der Waals surface area contributed by atoms with E-state index in [1.165, 1.54) is 0 Å². The van der Waals surface area contributed by atoms with Crippen LogP contribution >= 0.6 is 0 Å². The van der Waals surface area contributed by atoms with E-state index in [0.29, 0.717) is 52.7 Å². The van der Waals surface area contributed by atoms with Gasteiger partial charge in [0.05, 0.1) is 26.4 Å². The fraction of sp³-hybridized carbons (Fsp3) is 0.938. The van der Waals surface area contributed by atoms with Crippen LogP contribution in [-0.2, 0) is 18.9 Å². The smallest absolute Gasteiger partial charge is 0.407 e. The Balaban J connectivity index is 3.15. The molecule has 0 radical (unpaired) electrons. The van der Waals surface area contributed by atoms with Crippen LogP contribution < -0.4 is 11.1 Å². The number of unbranched alkanes of at least 4 members (excludes halogenated alkanes) is 1. The summed E-state index contributed by atoms with van der Waals surface area (Å²) in [7, 11) is 0. The van der Waals surface area contributed by atoms with Crippen LogP contribution in [0.1, 0.15) is 40.0 Å². The first kappa shape index (κ1) is 22.1. The molecule has 0 fully saturated rings. The molecule has 0 bridgehead atoms. The number of hydrogen-bond donors (Lipinski definition) is 2. The van der Waals surface area contributed by atoms with Gasteiger partial charge in [-0.2, -0.15) is 0 Å². The number of alkyl carbamates (subject to hydrolysis) is 1. The van der Waals surface area contributed by atoms with Crippen molar-refractivity contribution in [3.63, 3.8) is 0 Å². The van der Waals surface area contributed by atoms with Crippen LogP contribution in [0.25, 0.3) is 0 Å². The van der Waals surface area contributed by atoms with Crippen molar-refractivity contribution in [1.82, 2.24) is 5.32 Å². The highest BCUT2D eigenvalue weighted by atomic mass is 16.6. The Morgan fingerprint density at radius 3 is 1.91 bits per heavy atom. The van der Waals surface area contributed by atoms with E-state index in [4.69, 9.17) is 24.7 Å². The van der Waals surface area contributed by atoms with Gasteiger partial charge in [0.2, 0.25) is 0 Å². The monoisotopic (exact) mass is 334 g/mol. The molecule has 3 N–H and O–H groups in total. The van der Waals surface area contributed by atoms with Crippen LogP contribution in [0, 0.1) is 0 Å². The maximum absolute atomic E-state index is 11.4. The fourth-order valence-electron chi connectivity index (χ4n) is 1.56. The van der Waals surface area contributed by atoms with Gasteiger partial charge in [-0.05, 0) is 46.6 Å². The van der Waals surface area contributed by atoms with Crippen molar-refractivity contribution in [3.8, 4) is 0 Å². The van der Waals surface area contributed by atoms with Gasteiger partial charge in [0.1, 0.15) is 5.60 Å². The van der Waals surface area contributed by atoms with E-state index in [0.717, 1.165) is 19.3 Å². The summed E-state index contributed by atoms with van der Waals surface area (Å²) in [5, 5.41) is 2.72. The molecule has 0 aliphatic heterocycles. The van der Waals surface area contributed by atoms with Crippen LogP contribution in [0.2, 0.25) is 0 Å². The maximum Gasteiger partial charge on any atom is 0.407 e. The highest BCUT2D eigenvalue weighted by Gasteiger charge is 2.15. The molecule has 7 nitrogen and oxygen atoms in total. The first-order chi connectivity index (χ1) is 11.0. The summed E-state index contributed by atoms with van der Waals surface area (Å²) in [5.74, 6) is 0. The first-order valence-corrected chi connectivity index (χ1v) is 8.36. The molecule has 138 valence electrons. The van der Waals surface area contributed by atoms with Crippen LogP contribution in [0.15, 0.2) is 0 Å². The summed E-state index contributed by atoms with van der Waals surface area (Å²) in [6.45, 7) is 10.4. The van der Waals surface area contributed by atoms with Crippen molar-refractivity contribution in [2.75, 3.05) is 52.7 Å². The van der Waals surface area contributed by atoms with E-state index < -0.39 is 5.60 Å². The highest BCUT2D eigenvalue weighted by molar-refractivity contribution is 5.67. The normalized spacial score (nSPS) is 11.5. The standard InChI is InChI=1S/C16H34N2O5/c1-16(2,3)23-15(19)18-8-4-5-9-20-11-13-22-14-12-21-10-6-7-17/h4-14,17H2,1-3H3,(H,18,19). The lowest BCUT2D eigenvalue weighted by molar-refractivity contribution is 0.0137. The van der Waals surface area contributed by atoms with Crippen molar-refractivity contribution >= 4 is 6.09 Å². The lowest BCUT2D eigenvalue weighted by Crippen LogP contribution is -2.33. The number of amides is 1. The molecular formula is C16H34N2O5. The SMILES string of the molecule is CC(C)(C)OC(=O)NCCCCOCCOCCOCCCN. The Morgan fingerprint density at radius 1 is 0.870 bits per heavy atom. The molecule has 1 amide bonds. The van der Waals surface area contributed by atoms with Crippen molar-refractivity contribution in [1.29, 1.82) is 0 Å². The molecule has 0 saturated heterocycles. The third kappa shape index (κ3) is 19.1. The average molecular weight is 334 g/mol. The number of rotatable bonds is 14. The average Bonchev–Trinajstić information content (AvgIpc) is 2.46. The van der Waals surface area contributed by atoms with E-state index in [1.807, 2.05) is 20.8 Å². The molecule has 0 aromatic carbocycles. The second-order valence-electron chi connectivity index (χ2n) is 6.12. The number of nitrogens with one attached hydrogen (secondary N) is 1. The Labute approximate surface area is 140 Å². The van der Waals surface area contributed by atoms with E-state index in [1.54, 1.807) is 0 Å².